The maximum atomic E-state index is 9.55. The van der Waals surface area contributed by atoms with Crippen LogP contribution in [0.1, 0.15) is 42.7 Å². The van der Waals surface area contributed by atoms with Gasteiger partial charge in [-0.15, -0.1) is 0 Å². The lowest BCUT2D eigenvalue weighted by atomic mass is 9.93. The van der Waals surface area contributed by atoms with E-state index in [-0.39, 0.29) is 0 Å². The van der Waals surface area contributed by atoms with Crippen LogP contribution in [0.3, 0.4) is 0 Å². The van der Waals surface area contributed by atoms with Gasteiger partial charge >= 0.3 is 11.9 Å². The van der Waals surface area contributed by atoms with Gasteiger partial charge in [0.2, 0.25) is 5.95 Å². The lowest BCUT2D eigenvalue weighted by Crippen LogP contribution is -2.50. The van der Waals surface area contributed by atoms with Gasteiger partial charge < -0.3 is 19.8 Å². The Balaban J connectivity index is 0.000000349. The molecule has 3 fully saturated rings. The van der Waals surface area contributed by atoms with Gasteiger partial charge in [-0.05, 0) is 67.6 Å². The lowest BCUT2D eigenvalue weighted by molar-refractivity contribution is -0.134. The lowest BCUT2D eigenvalue weighted by Gasteiger charge is -2.38. The number of fused-ring (bicyclic) bond motifs is 1. The molecule has 1 aromatic heterocycles. The predicted molar refractivity (Wildman–Crippen MR) is 140 cm³/mol. The van der Waals surface area contributed by atoms with Gasteiger partial charge in [0, 0.05) is 56.8 Å². The molecule has 5 rings (SSSR count). The number of piperazine rings is 1. The molecule has 2 N–H and O–H groups in total. The fraction of sp³-hybridized carbons (Fsp3) is 0.500. The van der Waals surface area contributed by atoms with E-state index in [0.717, 1.165) is 61.3 Å². The average Bonchev–Trinajstić information content (AvgIpc) is 3.48. The number of benzene rings is 1. The van der Waals surface area contributed by atoms with Crippen LogP contribution in [0.15, 0.2) is 48.8 Å². The molecule has 3 aliphatic rings. The molecule has 2 aromatic rings. The highest BCUT2D eigenvalue weighted by atomic mass is 16.5. The van der Waals surface area contributed by atoms with E-state index >= 15 is 0 Å². The molecule has 0 radical (unpaired) electrons. The SMILES string of the molecule is COc1ccccc1C1CC2CC(N3CCN(c4ncc(C)cn4)CC3)CC2C1.O=C(O)/C=C/C(=O)O. The summed E-state index contributed by atoms with van der Waals surface area (Å²) in [6.07, 6.45) is 10.4. The smallest absolute Gasteiger partial charge is 0.328 e. The molecular weight excluding hydrogens is 472 g/mol. The van der Waals surface area contributed by atoms with Crippen molar-refractivity contribution in [1.29, 1.82) is 0 Å². The van der Waals surface area contributed by atoms with Crippen molar-refractivity contribution in [2.75, 3.05) is 38.2 Å². The van der Waals surface area contributed by atoms with Crippen LogP contribution >= 0.6 is 0 Å². The molecule has 2 unspecified atom stereocenters. The first-order valence-corrected chi connectivity index (χ1v) is 12.9. The van der Waals surface area contributed by atoms with Gasteiger partial charge in [-0.3, -0.25) is 4.90 Å². The molecule has 0 bridgehead atoms. The minimum atomic E-state index is -1.26. The summed E-state index contributed by atoms with van der Waals surface area (Å²) in [5.74, 6) is 1.89. The summed E-state index contributed by atoms with van der Waals surface area (Å²) in [4.78, 5) is 33.2. The molecule has 2 saturated carbocycles. The molecule has 198 valence electrons. The highest BCUT2D eigenvalue weighted by Crippen LogP contribution is 2.52. The molecule has 2 atom stereocenters. The number of carbonyl (C=O) groups is 2. The molecular formula is C28H36N4O5. The van der Waals surface area contributed by atoms with Crippen molar-refractivity contribution in [1.82, 2.24) is 14.9 Å². The Morgan fingerprint density at radius 3 is 2.03 bits per heavy atom. The van der Waals surface area contributed by atoms with Crippen molar-refractivity contribution in [3.05, 3.63) is 59.9 Å². The normalized spacial score (nSPS) is 25.4. The topological polar surface area (TPSA) is 116 Å². The van der Waals surface area contributed by atoms with Crippen LogP contribution in [-0.4, -0.2) is 76.4 Å². The number of aromatic nitrogens is 2. The van der Waals surface area contributed by atoms with Gasteiger partial charge in [-0.25, -0.2) is 19.6 Å². The molecule has 37 heavy (non-hydrogen) atoms. The second kappa shape index (κ2) is 12.2. The molecule has 1 saturated heterocycles. The van der Waals surface area contributed by atoms with Crippen LogP contribution in [0.5, 0.6) is 5.75 Å². The van der Waals surface area contributed by atoms with E-state index in [4.69, 9.17) is 14.9 Å². The quantitative estimate of drug-likeness (QED) is 0.565. The van der Waals surface area contributed by atoms with Crippen LogP contribution in [-0.2, 0) is 9.59 Å². The van der Waals surface area contributed by atoms with E-state index < -0.39 is 11.9 Å². The number of hydrogen-bond donors (Lipinski definition) is 2. The van der Waals surface area contributed by atoms with Crippen molar-refractivity contribution in [2.45, 2.75) is 44.6 Å². The van der Waals surface area contributed by atoms with Gasteiger partial charge in [0.15, 0.2) is 0 Å². The summed E-state index contributed by atoms with van der Waals surface area (Å²) in [5.41, 5.74) is 2.55. The van der Waals surface area contributed by atoms with Crippen LogP contribution in [0.4, 0.5) is 5.95 Å². The van der Waals surface area contributed by atoms with E-state index in [0.29, 0.717) is 18.1 Å². The van der Waals surface area contributed by atoms with Crippen LogP contribution in [0, 0.1) is 18.8 Å². The number of nitrogens with zero attached hydrogens (tertiary/aromatic N) is 4. The van der Waals surface area contributed by atoms with Gasteiger partial charge in [0.25, 0.3) is 0 Å². The average molecular weight is 509 g/mol. The van der Waals surface area contributed by atoms with Gasteiger partial charge in [0.1, 0.15) is 5.75 Å². The molecule has 1 aromatic carbocycles. The first-order valence-electron chi connectivity index (χ1n) is 12.9. The van der Waals surface area contributed by atoms with Crippen LogP contribution in [0.2, 0.25) is 0 Å². The molecule has 2 heterocycles. The highest BCUT2D eigenvalue weighted by Gasteiger charge is 2.44. The fourth-order valence-corrected chi connectivity index (χ4v) is 6.12. The third-order valence-electron chi connectivity index (χ3n) is 7.82. The largest absolute Gasteiger partial charge is 0.496 e. The molecule has 0 amide bonds. The predicted octanol–water partition coefficient (Wildman–Crippen LogP) is 3.60. The second-order valence-corrected chi connectivity index (χ2v) is 10.1. The van der Waals surface area contributed by atoms with E-state index in [9.17, 15) is 9.59 Å². The van der Waals surface area contributed by atoms with Crippen molar-refractivity contribution in [3.8, 4) is 5.75 Å². The number of methoxy groups -OCH3 is 1. The number of rotatable bonds is 6. The maximum Gasteiger partial charge on any atom is 0.328 e. The Labute approximate surface area is 217 Å². The number of anilines is 1. The standard InChI is InChI=1S/C24H32N4O.C4H4O4/c1-17-15-25-24(26-16-17)28-9-7-27(8-10-28)21-13-18-11-20(12-19(18)14-21)22-5-3-4-6-23(22)29-2;5-3(6)1-2-4(7)8/h3-6,15-16,18-21H,7-14H2,1-2H3;1-2H,(H,5,6)(H,7,8)/b;2-1+. The third-order valence-corrected chi connectivity index (χ3v) is 7.82. The zero-order valence-electron chi connectivity index (χ0n) is 21.5. The summed E-state index contributed by atoms with van der Waals surface area (Å²) in [5, 5.41) is 15.6. The Hall–Kier alpha value is -3.46. The molecule has 9 nitrogen and oxygen atoms in total. The summed E-state index contributed by atoms with van der Waals surface area (Å²) in [6.45, 7) is 6.39. The molecule has 9 heteroatoms. The first kappa shape index (κ1) is 26.6. The first-order chi connectivity index (χ1) is 17.8. The van der Waals surface area contributed by atoms with Gasteiger partial charge in [-0.1, -0.05) is 18.2 Å². The Morgan fingerprint density at radius 1 is 0.919 bits per heavy atom. The fourth-order valence-electron chi connectivity index (χ4n) is 6.12. The number of hydrogen-bond acceptors (Lipinski definition) is 7. The van der Waals surface area contributed by atoms with E-state index in [1.165, 1.54) is 31.2 Å². The Morgan fingerprint density at radius 2 is 1.49 bits per heavy atom. The van der Waals surface area contributed by atoms with Gasteiger partial charge in [-0.2, -0.15) is 0 Å². The number of aliphatic carboxylic acids is 2. The summed E-state index contributed by atoms with van der Waals surface area (Å²) in [7, 11) is 1.80. The number of carboxylic acids is 2. The Kier molecular flexibility index (Phi) is 8.76. The van der Waals surface area contributed by atoms with Crippen molar-refractivity contribution >= 4 is 17.9 Å². The second-order valence-electron chi connectivity index (χ2n) is 10.1. The third kappa shape index (κ3) is 6.85. The number of aryl methyl sites for hydroxylation is 1. The minimum Gasteiger partial charge on any atom is -0.496 e. The van der Waals surface area contributed by atoms with Crippen LogP contribution < -0.4 is 9.64 Å². The number of ether oxygens (including phenoxy) is 1. The van der Waals surface area contributed by atoms with Crippen LogP contribution in [0.25, 0.3) is 0 Å². The summed E-state index contributed by atoms with van der Waals surface area (Å²) >= 11 is 0. The molecule has 1 aliphatic heterocycles. The van der Waals surface area contributed by atoms with Crippen molar-refractivity contribution in [2.24, 2.45) is 11.8 Å². The maximum absolute atomic E-state index is 9.55. The summed E-state index contributed by atoms with van der Waals surface area (Å²) in [6, 6.07) is 9.39. The van der Waals surface area contributed by atoms with Gasteiger partial charge in [0.05, 0.1) is 7.11 Å². The zero-order valence-corrected chi connectivity index (χ0v) is 21.5. The number of carboxylic acid groups (broad SMARTS) is 2. The van der Waals surface area contributed by atoms with E-state index in [1.807, 2.05) is 19.3 Å². The van der Waals surface area contributed by atoms with E-state index in [1.54, 1.807) is 7.11 Å². The van der Waals surface area contributed by atoms with Crippen molar-refractivity contribution < 1.29 is 24.5 Å². The monoisotopic (exact) mass is 508 g/mol. The van der Waals surface area contributed by atoms with E-state index in [2.05, 4.69) is 44.0 Å². The molecule has 0 spiro atoms. The zero-order chi connectivity index (χ0) is 26.4. The Bertz CT molecular complexity index is 1070. The number of para-hydroxylation sites is 1. The summed E-state index contributed by atoms with van der Waals surface area (Å²) < 4.78 is 5.63. The van der Waals surface area contributed by atoms with Crippen molar-refractivity contribution in [3.63, 3.8) is 0 Å². The molecule has 2 aliphatic carbocycles. The highest BCUT2D eigenvalue weighted by molar-refractivity contribution is 5.89. The minimum absolute atomic E-state index is 0.558.